The molecule has 97 heavy (non-hydrogen) atoms. The first kappa shape index (κ1) is 76.6. The number of benzene rings is 4. The molecule has 0 radical (unpaired) electrons. The number of esters is 2. The lowest BCUT2D eigenvalue weighted by Crippen LogP contribution is -2.58. The molecule has 4 N–H and O–H groups in total. The number of piperidine rings is 1. The maximum Gasteiger partial charge on any atom is 0.330 e. The van der Waals surface area contributed by atoms with Crippen LogP contribution in [-0.4, -0.2) is 189 Å². The van der Waals surface area contributed by atoms with Crippen LogP contribution in [0.4, 0.5) is 5.69 Å². The Kier molecular flexibility index (Phi) is 28.9. The molecule has 24 heteroatoms. The Bertz CT molecular complexity index is 3430. The lowest BCUT2D eigenvalue weighted by molar-refractivity contribution is -0.165. The van der Waals surface area contributed by atoms with Crippen molar-refractivity contribution in [3.05, 3.63) is 138 Å². The van der Waals surface area contributed by atoms with Crippen LogP contribution in [0.25, 0.3) is 0 Å². The van der Waals surface area contributed by atoms with Crippen LogP contribution < -0.4 is 30.7 Å². The molecule has 2 fully saturated rings. The van der Waals surface area contributed by atoms with Gasteiger partial charge in [-0.2, -0.15) is 0 Å². The zero-order valence-corrected chi connectivity index (χ0v) is 57.9. The van der Waals surface area contributed by atoms with Crippen molar-refractivity contribution in [2.75, 3.05) is 80.5 Å². The Labute approximate surface area is 569 Å². The number of amides is 8. The van der Waals surface area contributed by atoms with Crippen LogP contribution in [0, 0.1) is 11.3 Å². The van der Waals surface area contributed by atoms with Gasteiger partial charge >= 0.3 is 11.9 Å². The molecular weight excluding hydrogens is 1240 g/mol. The number of nitrogens with one attached hydrogen (secondary N) is 4. The van der Waals surface area contributed by atoms with Crippen molar-refractivity contribution in [3.63, 3.8) is 0 Å². The molecule has 4 aromatic carbocycles. The van der Waals surface area contributed by atoms with Crippen molar-refractivity contribution < 1.29 is 71.7 Å². The van der Waals surface area contributed by atoms with E-state index in [1.807, 2.05) is 39.0 Å². The van der Waals surface area contributed by atoms with Gasteiger partial charge in [0.2, 0.25) is 47.1 Å². The third-order valence-corrected chi connectivity index (χ3v) is 17.3. The van der Waals surface area contributed by atoms with Crippen LogP contribution in [0.3, 0.4) is 0 Å². The second-order valence-electron chi connectivity index (χ2n) is 26.0. The highest BCUT2D eigenvalue weighted by atomic mass is 16.5. The standard InChI is InChI=1S/C73H97N9O15/c1-13-64(86)96-46-73(5,6)66(87)71(92)82-38-19-18-26-56(82)72(93)97-58(34-32-49-33-35-59(94-11)60(42-49)95-12)52-24-20-25-53(43-52)75-61(83)36-37-62(84)77-65(51-22-16-15-17-23-51)67(88)76-54(41-48-28-30-50(31-29-48)44-74-63(85)45-78(7)8)68(89)81-39-21-27-55(81)70(91)80(10)57(40-47(3)4)69(90)79(9)14-2/h13,15-17,20,22-25,28-31,33,35,42-43,47,54-58,65H,1,14,18-19,21,26-27,32,34,36-41,44-46H2,2-12H3,(H,74,85)(H,75,83)(H,76,88)(H,77,84)/t54-,55+,56-,57-,58+,65-/m0/s1. The van der Waals surface area contributed by atoms with Gasteiger partial charge in [-0.3, -0.25) is 43.2 Å². The first-order valence-electron chi connectivity index (χ1n) is 33.1. The van der Waals surface area contributed by atoms with E-state index in [0.29, 0.717) is 78.9 Å². The molecule has 4 aromatic rings. The summed E-state index contributed by atoms with van der Waals surface area (Å²) in [5.41, 5.74) is 1.99. The Hall–Kier alpha value is -9.45. The van der Waals surface area contributed by atoms with E-state index in [4.69, 9.17) is 18.9 Å². The Morgan fingerprint density at radius 3 is 2.02 bits per heavy atom. The summed E-state index contributed by atoms with van der Waals surface area (Å²) in [5, 5.41) is 11.5. The highest BCUT2D eigenvalue weighted by Gasteiger charge is 2.44. The molecule has 0 bridgehead atoms. The van der Waals surface area contributed by atoms with Crippen molar-refractivity contribution in [1.82, 2.24) is 40.4 Å². The predicted octanol–water partition coefficient (Wildman–Crippen LogP) is 6.45. The van der Waals surface area contributed by atoms with Gasteiger partial charge in [-0.05, 0) is 144 Å². The molecule has 6 rings (SSSR count). The summed E-state index contributed by atoms with van der Waals surface area (Å²) < 4.78 is 22.4. The number of carbonyl (C=O) groups excluding carboxylic acids is 11. The average Bonchev–Trinajstić information content (AvgIpc) is 1.80. The van der Waals surface area contributed by atoms with Gasteiger partial charge in [-0.15, -0.1) is 0 Å². The van der Waals surface area contributed by atoms with E-state index in [-0.39, 0.29) is 82.6 Å². The Morgan fingerprint density at radius 2 is 1.36 bits per heavy atom. The van der Waals surface area contributed by atoms with Crippen LogP contribution in [-0.2, 0) is 81.6 Å². The Morgan fingerprint density at radius 1 is 0.711 bits per heavy atom. The number of ketones is 1. The zero-order chi connectivity index (χ0) is 71.1. The molecule has 2 aliphatic rings. The third kappa shape index (κ3) is 22.0. The molecule has 2 heterocycles. The number of rotatable bonds is 34. The molecular formula is C73H97N9O15. The number of aryl methyl sites for hydroxylation is 1. The van der Waals surface area contributed by atoms with Crippen LogP contribution in [0.15, 0.2) is 110 Å². The van der Waals surface area contributed by atoms with Gasteiger partial charge in [0.25, 0.3) is 5.91 Å². The van der Waals surface area contributed by atoms with Gasteiger partial charge in [-0.1, -0.05) is 93.2 Å². The number of likely N-dealkylation sites (N-methyl/N-ethyl adjacent to an activating group) is 3. The molecule has 0 aromatic heterocycles. The van der Waals surface area contributed by atoms with Crippen molar-refractivity contribution in [2.45, 2.75) is 148 Å². The smallest absolute Gasteiger partial charge is 0.330 e. The number of Topliss-reactive ketones (excluding diaryl/α,β-unsaturated/α-hetero) is 1. The summed E-state index contributed by atoms with van der Waals surface area (Å²) in [5.74, 6) is -5.51. The normalized spacial score (nSPS) is 15.8. The molecule has 0 unspecified atom stereocenters. The molecule has 2 saturated heterocycles. The zero-order valence-electron chi connectivity index (χ0n) is 57.9. The third-order valence-electron chi connectivity index (χ3n) is 17.3. The lowest BCUT2D eigenvalue weighted by atomic mass is 9.87. The summed E-state index contributed by atoms with van der Waals surface area (Å²) in [6.07, 6.45) is 2.33. The van der Waals surface area contributed by atoms with Gasteiger partial charge in [0.05, 0.1) is 26.2 Å². The molecule has 6 atom stereocenters. The molecule has 24 nitrogen and oxygen atoms in total. The van der Waals surface area contributed by atoms with Crippen molar-refractivity contribution in [2.24, 2.45) is 11.3 Å². The van der Waals surface area contributed by atoms with Crippen LogP contribution >= 0.6 is 0 Å². The highest BCUT2D eigenvalue weighted by molar-refractivity contribution is 6.38. The van der Waals surface area contributed by atoms with Crippen LogP contribution in [0.5, 0.6) is 11.5 Å². The minimum Gasteiger partial charge on any atom is -0.493 e. The van der Waals surface area contributed by atoms with Crippen molar-refractivity contribution >= 4 is 70.7 Å². The number of likely N-dealkylation sites (tertiary alicyclic amines) is 2. The quantitative estimate of drug-likeness (QED) is 0.0222. The van der Waals surface area contributed by atoms with E-state index < -0.39 is 94.9 Å². The average molecular weight is 1340 g/mol. The minimum atomic E-state index is -1.42. The summed E-state index contributed by atoms with van der Waals surface area (Å²) >= 11 is 0. The molecule has 8 amide bonds. The van der Waals surface area contributed by atoms with E-state index in [1.54, 1.807) is 117 Å². The van der Waals surface area contributed by atoms with Gasteiger partial charge < -0.3 is 64.7 Å². The fourth-order valence-corrected chi connectivity index (χ4v) is 11.7. The number of carbonyl (C=O) groups is 11. The first-order valence-corrected chi connectivity index (χ1v) is 33.1. The first-order chi connectivity index (χ1) is 46.2. The number of nitrogens with zero attached hydrogens (tertiary/aromatic N) is 5. The van der Waals surface area contributed by atoms with Gasteiger partial charge in [0.15, 0.2) is 11.5 Å². The number of ether oxygens (including phenoxy) is 4. The summed E-state index contributed by atoms with van der Waals surface area (Å²) in [6.45, 7) is 12.9. The van der Waals surface area contributed by atoms with E-state index in [1.165, 1.54) is 42.8 Å². The SMILES string of the molecule is C=CC(=O)OCC(C)(C)C(=O)C(=O)N1CCCC[C@H]1C(=O)O[C@H](CCc1ccc(OC)c(OC)c1)c1cccc(NC(=O)CCC(=O)N[C@H](C(=O)N[C@@H](Cc2ccc(CNC(=O)CN(C)C)cc2)C(=O)N2CCC[C@@H]2C(=O)N(C)[C@@H](CC(C)C)C(=O)N(C)CC)c2ccccc2)c1. The minimum absolute atomic E-state index is 0.0289. The van der Waals surface area contributed by atoms with E-state index >= 15 is 4.79 Å². The second-order valence-corrected chi connectivity index (χ2v) is 26.0. The number of methoxy groups -OCH3 is 2. The molecule has 0 spiro atoms. The monoisotopic (exact) mass is 1340 g/mol. The molecule has 524 valence electrons. The summed E-state index contributed by atoms with van der Waals surface area (Å²) in [6, 6.07) is 22.2. The fraction of sp³-hybridized carbons (Fsp3) is 0.493. The van der Waals surface area contributed by atoms with E-state index in [9.17, 15) is 47.9 Å². The highest BCUT2D eigenvalue weighted by Crippen LogP contribution is 2.33. The molecule has 0 saturated carbocycles. The van der Waals surface area contributed by atoms with Crippen molar-refractivity contribution in [1.29, 1.82) is 0 Å². The predicted molar refractivity (Wildman–Crippen MR) is 364 cm³/mol. The fourth-order valence-electron chi connectivity index (χ4n) is 11.7. The summed E-state index contributed by atoms with van der Waals surface area (Å²) in [7, 11) is 9.89. The molecule has 2 aliphatic heterocycles. The molecule has 0 aliphatic carbocycles. The van der Waals surface area contributed by atoms with Gasteiger partial charge in [0, 0.05) is 71.3 Å². The van der Waals surface area contributed by atoms with E-state index in [2.05, 4.69) is 27.8 Å². The van der Waals surface area contributed by atoms with Crippen LogP contribution in [0.1, 0.15) is 132 Å². The topological polar surface area (TPSA) is 289 Å². The maximum atomic E-state index is 15.1. The van der Waals surface area contributed by atoms with Gasteiger partial charge in [-0.25, -0.2) is 9.59 Å². The number of hydrogen-bond donors (Lipinski definition) is 4. The number of hydrogen-bond acceptors (Lipinski definition) is 16. The van der Waals surface area contributed by atoms with E-state index in [0.717, 1.165) is 17.2 Å². The van der Waals surface area contributed by atoms with Gasteiger partial charge in [0.1, 0.15) is 42.9 Å². The summed E-state index contributed by atoms with van der Waals surface area (Å²) in [4.78, 5) is 160. The lowest BCUT2D eigenvalue weighted by Gasteiger charge is -2.36. The van der Waals surface area contributed by atoms with Crippen molar-refractivity contribution in [3.8, 4) is 11.5 Å². The second kappa shape index (κ2) is 36.6. The largest absolute Gasteiger partial charge is 0.493 e. The van der Waals surface area contributed by atoms with Crippen LogP contribution in [0.2, 0.25) is 0 Å². The Balaban J connectivity index is 1.21. The maximum absolute atomic E-state index is 15.1. The number of anilines is 1.